The molecule has 0 bridgehead atoms. The van der Waals surface area contributed by atoms with E-state index in [0.717, 1.165) is 6.92 Å². The summed E-state index contributed by atoms with van der Waals surface area (Å²) < 4.78 is 81.6. The average Bonchev–Trinajstić information content (AvgIpc) is 2.82. The van der Waals surface area contributed by atoms with E-state index in [1.165, 1.54) is 31.4 Å². The third kappa shape index (κ3) is 9.51. The Bertz CT molecular complexity index is 1220. The Kier molecular flexibility index (Phi) is 10.9. The lowest BCUT2D eigenvalue weighted by Gasteiger charge is -2.23. The van der Waals surface area contributed by atoms with E-state index in [4.69, 9.17) is 25.8 Å². The summed E-state index contributed by atoms with van der Waals surface area (Å²) in [5, 5.41) is 11.2. The monoisotopic (exact) mass is 584 g/mol. The predicted molar refractivity (Wildman–Crippen MR) is 127 cm³/mol. The highest BCUT2D eigenvalue weighted by molar-refractivity contribution is 7.87. The maximum absolute atomic E-state index is 12.8. The smallest absolute Gasteiger partial charge is 0.422 e. The molecule has 0 aliphatic rings. The molecule has 0 aliphatic carbocycles. The Morgan fingerprint density at radius 1 is 1.21 bits per heavy atom. The fraction of sp³-hybridized carbons (Fsp3) is 0.381. The van der Waals surface area contributed by atoms with E-state index in [-0.39, 0.29) is 10.9 Å². The van der Waals surface area contributed by atoms with Crippen molar-refractivity contribution in [3.8, 4) is 11.6 Å². The van der Waals surface area contributed by atoms with Crippen LogP contribution in [0.25, 0.3) is 0 Å². The third-order valence-corrected chi connectivity index (χ3v) is 6.18. The van der Waals surface area contributed by atoms with Gasteiger partial charge in [-0.25, -0.2) is 9.78 Å². The second kappa shape index (κ2) is 13.5. The van der Waals surface area contributed by atoms with Gasteiger partial charge in [-0.15, -0.1) is 0 Å². The number of hydrogen-bond donors (Lipinski definition) is 3. The summed E-state index contributed by atoms with van der Waals surface area (Å²) in [5.41, 5.74) is -0.842. The number of nitrogens with zero attached hydrogens (tertiary/aromatic N) is 2. The van der Waals surface area contributed by atoms with Crippen molar-refractivity contribution in [2.45, 2.75) is 25.9 Å². The molecule has 0 fully saturated rings. The van der Waals surface area contributed by atoms with Crippen molar-refractivity contribution < 1.29 is 50.5 Å². The summed E-state index contributed by atoms with van der Waals surface area (Å²) in [5.74, 6) is -0.764. The first-order chi connectivity index (χ1) is 17.7. The molecule has 0 spiro atoms. The van der Waals surface area contributed by atoms with Crippen LogP contribution in [0.15, 0.2) is 36.5 Å². The van der Waals surface area contributed by atoms with E-state index in [9.17, 15) is 36.3 Å². The third-order valence-electron chi connectivity index (χ3n) is 4.51. The van der Waals surface area contributed by atoms with Gasteiger partial charge in [-0.1, -0.05) is 23.7 Å². The molecule has 3 N–H and O–H groups in total. The van der Waals surface area contributed by atoms with Crippen molar-refractivity contribution in [1.82, 2.24) is 19.3 Å². The average molecular weight is 585 g/mol. The van der Waals surface area contributed by atoms with Gasteiger partial charge in [0.15, 0.2) is 6.23 Å². The Morgan fingerprint density at radius 3 is 2.39 bits per heavy atom. The number of carbonyl (C=O) groups excluding carboxylic acids is 1. The van der Waals surface area contributed by atoms with E-state index >= 15 is 0 Å². The molecule has 1 heterocycles. The van der Waals surface area contributed by atoms with Gasteiger partial charge in [-0.05, 0) is 23.8 Å². The van der Waals surface area contributed by atoms with Crippen LogP contribution in [0.2, 0.25) is 5.02 Å². The molecule has 210 valence electrons. The highest BCUT2D eigenvalue weighted by Gasteiger charge is 2.32. The Labute approximate surface area is 220 Å². The highest BCUT2D eigenvalue weighted by Crippen LogP contribution is 2.33. The maximum Gasteiger partial charge on any atom is 0.422 e. The Balaban J connectivity index is 2.12. The molecule has 1 atom stereocenters. The highest BCUT2D eigenvalue weighted by atomic mass is 35.5. The van der Waals surface area contributed by atoms with E-state index < -0.39 is 64.2 Å². The van der Waals surface area contributed by atoms with Crippen LogP contribution in [-0.4, -0.2) is 67.9 Å². The number of amides is 2. The predicted octanol–water partition coefficient (Wildman–Crippen LogP) is 2.63. The van der Waals surface area contributed by atoms with Gasteiger partial charge in [0, 0.05) is 20.2 Å². The number of ether oxygens (including phenoxy) is 3. The van der Waals surface area contributed by atoms with E-state index in [1.807, 2.05) is 4.72 Å². The molecule has 2 rings (SSSR count). The van der Waals surface area contributed by atoms with Crippen molar-refractivity contribution in [3.05, 3.63) is 52.7 Å². The fourth-order valence-electron chi connectivity index (χ4n) is 2.76. The molecule has 38 heavy (non-hydrogen) atoms. The number of halogens is 4. The second-order valence-electron chi connectivity index (χ2n) is 7.44. The molecule has 2 aromatic rings. The summed E-state index contributed by atoms with van der Waals surface area (Å²) in [6.45, 7) is 0.403. The Hall–Kier alpha value is -3.34. The van der Waals surface area contributed by atoms with Crippen LogP contribution in [0.5, 0.6) is 11.6 Å². The van der Waals surface area contributed by atoms with Crippen molar-refractivity contribution in [2.75, 3.05) is 26.9 Å². The molecule has 12 nitrogen and oxygen atoms in total. The number of pyridine rings is 1. The number of carbonyl (C=O) groups is 2. The molecule has 1 aromatic heterocycles. The van der Waals surface area contributed by atoms with Crippen LogP contribution in [0.4, 0.5) is 18.0 Å². The molecule has 0 saturated heterocycles. The normalized spacial score (nSPS) is 12.5. The molecule has 0 aliphatic heterocycles. The minimum atomic E-state index is -4.72. The van der Waals surface area contributed by atoms with E-state index in [0.29, 0.717) is 30.2 Å². The van der Waals surface area contributed by atoms with Gasteiger partial charge in [-0.3, -0.25) is 4.79 Å². The first-order valence-corrected chi connectivity index (χ1v) is 12.4. The molecule has 17 heteroatoms. The van der Waals surface area contributed by atoms with Crippen molar-refractivity contribution >= 4 is 33.8 Å². The summed E-state index contributed by atoms with van der Waals surface area (Å²) in [6.07, 6.45) is -7.60. The van der Waals surface area contributed by atoms with Gasteiger partial charge in [0.05, 0.1) is 25.3 Å². The molecular formula is C21H24ClF3N4O8S. The zero-order valence-corrected chi connectivity index (χ0v) is 21.6. The van der Waals surface area contributed by atoms with Crippen molar-refractivity contribution in [1.29, 1.82) is 0 Å². The van der Waals surface area contributed by atoms with Gasteiger partial charge in [0.1, 0.15) is 17.4 Å². The molecule has 0 saturated carbocycles. The number of nitrogens with one attached hydrogen (secondary N) is 2. The topological polar surface area (TPSA) is 156 Å². The van der Waals surface area contributed by atoms with Crippen molar-refractivity contribution in [3.63, 3.8) is 0 Å². The van der Waals surface area contributed by atoms with Gasteiger partial charge < -0.3 is 24.6 Å². The van der Waals surface area contributed by atoms with Gasteiger partial charge >= 0.3 is 22.5 Å². The van der Waals surface area contributed by atoms with Crippen LogP contribution in [0, 0.1) is 0 Å². The zero-order valence-electron chi connectivity index (χ0n) is 20.0. The van der Waals surface area contributed by atoms with Crippen molar-refractivity contribution in [2.24, 2.45) is 0 Å². The lowest BCUT2D eigenvalue weighted by Crippen LogP contribution is -2.50. The first-order valence-electron chi connectivity index (χ1n) is 10.6. The van der Waals surface area contributed by atoms with Gasteiger partial charge in [0.25, 0.3) is 0 Å². The van der Waals surface area contributed by atoms with Crippen LogP contribution in [0.1, 0.15) is 18.1 Å². The molecule has 0 radical (unpaired) electrons. The number of hydrogen-bond acceptors (Lipinski definition) is 8. The minimum absolute atomic E-state index is 0.113. The standard InChI is InChI=1S/C21H24ClF3N4O8S/c1-13(30)28-18(37-19-17(22)9-15(10-26-19)21(23,24)25)11-27-38(33,34)29(20(31)32)12-14-3-5-16(6-4-14)36-8-7-35-2/h3-6,9-10,18,27H,7-8,11-12H2,1-2H3,(H,28,30)(H,31,32). The summed E-state index contributed by atoms with van der Waals surface area (Å²) in [4.78, 5) is 26.7. The number of aromatic nitrogens is 1. The zero-order chi connectivity index (χ0) is 28.5. The SMILES string of the molecule is COCCOc1ccc(CN(C(=O)O)S(=O)(=O)NCC(NC(C)=O)Oc2ncc(C(F)(F)F)cc2Cl)cc1. The van der Waals surface area contributed by atoms with Crippen LogP contribution < -0.4 is 19.5 Å². The maximum atomic E-state index is 12.8. The summed E-state index contributed by atoms with van der Waals surface area (Å²) in [6, 6.07) is 6.52. The van der Waals surface area contributed by atoms with E-state index in [1.54, 1.807) is 0 Å². The molecular weight excluding hydrogens is 561 g/mol. The number of alkyl halides is 3. The van der Waals surface area contributed by atoms with Gasteiger partial charge in [-0.2, -0.15) is 30.6 Å². The van der Waals surface area contributed by atoms with Crippen LogP contribution in [-0.2, 0) is 32.5 Å². The second-order valence-corrected chi connectivity index (χ2v) is 9.53. The molecule has 1 aromatic carbocycles. The lowest BCUT2D eigenvalue weighted by molar-refractivity contribution is -0.137. The Morgan fingerprint density at radius 2 is 1.87 bits per heavy atom. The largest absolute Gasteiger partial charge is 0.491 e. The number of carboxylic acid groups (broad SMARTS) is 1. The van der Waals surface area contributed by atoms with E-state index in [2.05, 4.69) is 10.3 Å². The number of rotatable bonds is 13. The lowest BCUT2D eigenvalue weighted by atomic mass is 10.2. The summed E-state index contributed by atoms with van der Waals surface area (Å²) in [7, 11) is -3.20. The molecule has 2 amide bonds. The first kappa shape index (κ1) is 30.9. The molecule has 1 unspecified atom stereocenters. The van der Waals surface area contributed by atoms with Crippen LogP contribution in [0.3, 0.4) is 0 Å². The number of methoxy groups -OCH3 is 1. The number of benzene rings is 1. The van der Waals surface area contributed by atoms with Crippen LogP contribution >= 0.6 is 11.6 Å². The fourth-order valence-corrected chi connectivity index (χ4v) is 4.02. The summed E-state index contributed by atoms with van der Waals surface area (Å²) >= 11 is 5.80. The minimum Gasteiger partial charge on any atom is -0.491 e. The quantitative estimate of drug-likeness (QED) is 0.238. The van der Waals surface area contributed by atoms with Gasteiger partial charge in [0.2, 0.25) is 11.8 Å².